The summed E-state index contributed by atoms with van der Waals surface area (Å²) in [5, 5.41) is 9.11. The van der Waals surface area contributed by atoms with E-state index in [1.165, 1.54) is 51.9 Å². The third kappa shape index (κ3) is 4.96. The number of carbonyl (C=O) groups is 1. The summed E-state index contributed by atoms with van der Waals surface area (Å²) < 4.78 is 0. The van der Waals surface area contributed by atoms with Crippen molar-refractivity contribution < 1.29 is 9.90 Å². The Labute approximate surface area is 129 Å². The Balaban J connectivity index is 1.57. The van der Waals surface area contributed by atoms with Crippen LogP contribution in [-0.2, 0) is 4.79 Å². The SMILES string of the molecule is CC(C)(CCCCN1CCN(C2CCCC2)CC1)C(=O)O. The molecule has 1 N–H and O–H groups in total. The Morgan fingerprint density at radius 3 is 2.29 bits per heavy atom. The molecular formula is C17H32N2O2. The number of hydrogen-bond donors (Lipinski definition) is 1. The number of nitrogens with zero attached hydrogens (tertiary/aromatic N) is 2. The Bertz CT molecular complexity index is 330. The lowest BCUT2D eigenvalue weighted by molar-refractivity contribution is -0.147. The number of aliphatic carboxylic acids is 1. The van der Waals surface area contributed by atoms with Gasteiger partial charge in [0.25, 0.3) is 0 Å². The molecule has 0 bridgehead atoms. The molecule has 2 aliphatic rings. The van der Waals surface area contributed by atoms with E-state index in [1.807, 2.05) is 13.8 Å². The van der Waals surface area contributed by atoms with Crippen LogP contribution >= 0.6 is 0 Å². The third-order valence-corrected chi connectivity index (χ3v) is 5.35. The summed E-state index contributed by atoms with van der Waals surface area (Å²) >= 11 is 0. The number of unbranched alkanes of at least 4 members (excludes halogenated alkanes) is 1. The molecule has 1 heterocycles. The zero-order valence-corrected chi connectivity index (χ0v) is 13.8. The summed E-state index contributed by atoms with van der Waals surface area (Å²) in [4.78, 5) is 16.3. The van der Waals surface area contributed by atoms with Gasteiger partial charge in [0.1, 0.15) is 0 Å². The highest BCUT2D eigenvalue weighted by Crippen LogP contribution is 2.25. The van der Waals surface area contributed by atoms with Crippen molar-refractivity contribution in [3.8, 4) is 0 Å². The maximum Gasteiger partial charge on any atom is 0.309 e. The fraction of sp³-hybridized carbons (Fsp3) is 0.941. The van der Waals surface area contributed by atoms with Gasteiger partial charge in [0.05, 0.1) is 5.41 Å². The van der Waals surface area contributed by atoms with Crippen molar-refractivity contribution in [1.82, 2.24) is 9.80 Å². The lowest BCUT2D eigenvalue weighted by atomic mass is 9.87. The van der Waals surface area contributed by atoms with E-state index in [0.717, 1.165) is 31.8 Å². The van der Waals surface area contributed by atoms with E-state index in [-0.39, 0.29) is 0 Å². The molecule has 0 radical (unpaired) electrons. The Hall–Kier alpha value is -0.610. The fourth-order valence-corrected chi connectivity index (χ4v) is 3.63. The van der Waals surface area contributed by atoms with Gasteiger partial charge in [-0.25, -0.2) is 0 Å². The van der Waals surface area contributed by atoms with Gasteiger partial charge in [-0.2, -0.15) is 0 Å². The average molecular weight is 296 g/mol. The Kier molecular flexibility index (Phi) is 6.06. The molecule has 2 rings (SSSR count). The highest BCUT2D eigenvalue weighted by molar-refractivity contribution is 5.73. The van der Waals surface area contributed by atoms with E-state index < -0.39 is 11.4 Å². The zero-order valence-electron chi connectivity index (χ0n) is 13.8. The van der Waals surface area contributed by atoms with Crippen LogP contribution in [0.3, 0.4) is 0 Å². The second-order valence-corrected chi connectivity index (χ2v) is 7.46. The number of piperazine rings is 1. The minimum atomic E-state index is -0.673. The molecule has 4 heteroatoms. The van der Waals surface area contributed by atoms with Gasteiger partial charge in [-0.15, -0.1) is 0 Å². The van der Waals surface area contributed by atoms with Gasteiger partial charge in [0.15, 0.2) is 0 Å². The van der Waals surface area contributed by atoms with Gasteiger partial charge < -0.3 is 10.0 Å². The van der Waals surface area contributed by atoms with Gasteiger partial charge in [0.2, 0.25) is 0 Å². The second kappa shape index (κ2) is 7.59. The smallest absolute Gasteiger partial charge is 0.309 e. The Morgan fingerprint density at radius 2 is 1.71 bits per heavy atom. The molecule has 1 saturated carbocycles. The molecule has 0 aromatic carbocycles. The average Bonchev–Trinajstić information content (AvgIpc) is 2.98. The Morgan fingerprint density at radius 1 is 1.10 bits per heavy atom. The molecule has 0 unspecified atom stereocenters. The minimum Gasteiger partial charge on any atom is -0.481 e. The number of hydrogen-bond acceptors (Lipinski definition) is 3. The van der Waals surface area contributed by atoms with E-state index >= 15 is 0 Å². The molecule has 0 aromatic heterocycles. The first-order valence-corrected chi connectivity index (χ1v) is 8.69. The van der Waals surface area contributed by atoms with Crippen LogP contribution < -0.4 is 0 Å². The van der Waals surface area contributed by atoms with Crippen LogP contribution in [0.2, 0.25) is 0 Å². The predicted molar refractivity (Wildman–Crippen MR) is 85.5 cm³/mol. The highest BCUT2D eigenvalue weighted by Gasteiger charge is 2.27. The standard InChI is InChI=1S/C17H32N2O2/c1-17(2,16(20)21)9-5-6-10-18-11-13-19(14-12-18)15-7-3-4-8-15/h15H,3-14H2,1-2H3,(H,20,21). The van der Waals surface area contributed by atoms with Crippen molar-refractivity contribution in [3.63, 3.8) is 0 Å². The first kappa shape index (κ1) is 16.8. The number of carboxylic acids is 1. The van der Waals surface area contributed by atoms with Crippen LogP contribution in [0.4, 0.5) is 0 Å². The molecule has 21 heavy (non-hydrogen) atoms. The van der Waals surface area contributed by atoms with Gasteiger partial charge in [-0.05, 0) is 46.1 Å². The van der Waals surface area contributed by atoms with Crippen LogP contribution in [0, 0.1) is 5.41 Å². The molecule has 1 saturated heterocycles. The summed E-state index contributed by atoms with van der Waals surface area (Å²) in [5.41, 5.74) is -0.568. The van der Waals surface area contributed by atoms with Crippen molar-refractivity contribution in [2.75, 3.05) is 32.7 Å². The summed E-state index contributed by atoms with van der Waals surface area (Å²) in [6.07, 6.45) is 8.58. The lowest BCUT2D eigenvalue weighted by Gasteiger charge is -2.38. The molecule has 1 aliphatic carbocycles. The van der Waals surface area contributed by atoms with Gasteiger partial charge in [-0.3, -0.25) is 9.69 Å². The number of rotatable bonds is 7. The van der Waals surface area contributed by atoms with Crippen molar-refractivity contribution in [2.24, 2.45) is 5.41 Å². The molecule has 122 valence electrons. The maximum absolute atomic E-state index is 11.1. The van der Waals surface area contributed by atoms with Crippen LogP contribution in [0.15, 0.2) is 0 Å². The molecule has 0 amide bonds. The zero-order chi connectivity index (χ0) is 15.3. The normalized spacial score (nSPS) is 22.8. The summed E-state index contributed by atoms with van der Waals surface area (Å²) in [6.45, 7) is 9.63. The van der Waals surface area contributed by atoms with Gasteiger partial charge in [0, 0.05) is 32.2 Å². The lowest BCUT2D eigenvalue weighted by Crippen LogP contribution is -2.49. The highest BCUT2D eigenvalue weighted by atomic mass is 16.4. The van der Waals surface area contributed by atoms with Crippen molar-refractivity contribution >= 4 is 5.97 Å². The number of carboxylic acid groups (broad SMARTS) is 1. The molecular weight excluding hydrogens is 264 g/mol. The molecule has 2 fully saturated rings. The van der Waals surface area contributed by atoms with Gasteiger partial charge >= 0.3 is 5.97 Å². The summed E-state index contributed by atoms with van der Waals surface area (Å²) in [7, 11) is 0. The summed E-state index contributed by atoms with van der Waals surface area (Å²) in [6, 6.07) is 0.864. The van der Waals surface area contributed by atoms with Crippen molar-refractivity contribution in [3.05, 3.63) is 0 Å². The van der Waals surface area contributed by atoms with E-state index in [1.54, 1.807) is 0 Å². The molecule has 0 spiro atoms. The first-order valence-electron chi connectivity index (χ1n) is 8.69. The maximum atomic E-state index is 11.1. The quantitative estimate of drug-likeness (QED) is 0.734. The van der Waals surface area contributed by atoms with Crippen LogP contribution in [0.25, 0.3) is 0 Å². The van der Waals surface area contributed by atoms with Crippen LogP contribution in [0.1, 0.15) is 58.8 Å². The monoisotopic (exact) mass is 296 g/mol. The second-order valence-electron chi connectivity index (χ2n) is 7.46. The molecule has 1 aliphatic heterocycles. The topological polar surface area (TPSA) is 43.8 Å². The first-order chi connectivity index (χ1) is 9.99. The molecule has 4 nitrogen and oxygen atoms in total. The predicted octanol–water partition coefficient (Wildman–Crippen LogP) is 2.83. The van der Waals surface area contributed by atoms with E-state index in [0.29, 0.717) is 0 Å². The van der Waals surface area contributed by atoms with E-state index in [2.05, 4.69) is 9.80 Å². The van der Waals surface area contributed by atoms with Crippen molar-refractivity contribution in [1.29, 1.82) is 0 Å². The van der Waals surface area contributed by atoms with Gasteiger partial charge in [-0.1, -0.05) is 19.3 Å². The largest absolute Gasteiger partial charge is 0.481 e. The molecule has 0 aromatic rings. The van der Waals surface area contributed by atoms with E-state index in [4.69, 9.17) is 5.11 Å². The fourth-order valence-electron chi connectivity index (χ4n) is 3.63. The summed E-state index contributed by atoms with van der Waals surface area (Å²) in [5.74, 6) is -0.673. The van der Waals surface area contributed by atoms with Crippen LogP contribution in [0.5, 0.6) is 0 Å². The van der Waals surface area contributed by atoms with Crippen LogP contribution in [-0.4, -0.2) is 59.6 Å². The van der Waals surface area contributed by atoms with E-state index in [9.17, 15) is 4.79 Å². The minimum absolute atomic E-state index is 0.568. The molecule has 0 atom stereocenters. The third-order valence-electron chi connectivity index (χ3n) is 5.35. The van der Waals surface area contributed by atoms with Crippen molar-refractivity contribution in [2.45, 2.75) is 64.8 Å².